The number of Topliss-reactive ketones (excluding diaryl/α,β-unsaturated/α-hetero) is 1. The average Bonchev–Trinajstić information content (AvgIpc) is 2.65. The van der Waals surface area contributed by atoms with Crippen molar-refractivity contribution in [1.82, 2.24) is 0 Å². The number of halogens is 4. The van der Waals surface area contributed by atoms with Gasteiger partial charge >= 0.3 is 0 Å². The predicted octanol–water partition coefficient (Wildman–Crippen LogP) is 7.79. The van der Waals surface area contributed by atoms with Crippen LogP contribution in [0.5, 0.6) is 0 Å². The number of carbonyl (C=O) groups excluding carboxylic acids is 1. The third-order valence-corrected chi connectivity index (χ3v) is 6.07. The van der Waals surface area contributed by atoms with Crippen molar-refractivity contribution in [1.29, 1.82) is 0 Å². The Kier molecular flexibility index (Phi) is 7.20. The Morgan fingerprint density at radius 2 is 1.63 bits per heavy atom. The van der Waals surface area contributed by atoms with Crippen LogP contribution in [-0.2, 0) is 0 Å². The molecule has 3 aromatic carbocycles. The zero-order valence-corrected chi connectivity index (χ0v) is 19.3. The van der Waals surface area contributed by atoms with E-state index < -0.39 is 0 Å². The van der Waals surface area contributed by atoms with E-state index in [-0.39, 0.29) is 11.8 Å². The molecule has 0 aromatic heterocycles. The van der Waals surface area contributed by atoms with Crippen LogP contribution in [0.1, 0.15) is 28.4 Å². The van der Waals surface area contributed by atoms with Gasteiger partial charge in [-0.3, -0.25) is 4.79 Å². The molecule has 0 heterocycles. The monoisotopic (exact) mass is 573 g/mol. The molecule has 0 spiro atoms. The van der Waals surface area contributed by atoms with Crippen molar-refractivity contribution in [3.05, 3.63) is 95.9 Å². The van der Waals surface area contributed by atoms with Crippen LogP contribution in [0.4, 0.5) is 5.69 Å². The molecule has 0 radical (unpaired) electrons. The van der Waals surface area contributed by atoms with Gasteiger partial charge < -0.3 is 5.32 Å². The van der Waals surface area contributed by atoms with E-state index in [1.807, 2.05) is 60.7 Å². The minimum absolute atomic E-state index is 0.0524. The molecule has 3 aromatic rings. The van der Waals surface area contributed by atoms with Gasteiger partial charge in [-0.2, -0.15) is 0 Å². The molecule has 0 aliphatic heterocycles. The molecule has 6 heteroatoms. The minimum Gasteiger partial charge on any atom is -0.378 e. The van der Waals surface area contributed by atoms with E-state index in [0.29, 0.717) is 22.0 Å². The van der Waals surface area contributed by atoms with Crippen LogP contribution in [0, 0.1) is 3.57 Å². The van der Waals surface area contributed by atoms with Crippen LogP contribution in [0.25, 0.3) is 0 Å². The van der Waals surface area contributed by atoms with E-state index in [2.05, 4.69) is 43.8 Å². The quantitative estimate of drug-likeness (QED) is 0.240. The van der Waals surface area contributed by atoms with E-state index in [1.165, 1.54) is 0 Å². The smallest absolute Gasteiger partial charge is 0.165 e. The fourth-order valence-corrected chi connectivity index (χ4v) is 3.60. The van der Waals surface area contributed by atoms with Crippen molar-refractivity contribution in [2.24, 2.45) is 0 Å². The number of anilines is 1. The molecule has 138 valence electrons. The molecular weight excluding hydrogens is 560 g/mol. The highest BCUT2D eigenvalue weighted by atomic mass is 127. The highest BCUT2D eigenvalue weighted by molar-refractivity contribution is 14.1. The van der Waals surface area contributed by atoms with Gasteiger partial charge in [-0.15, -0.1) is 0 Å². The van der Waals surface area contributed by atoms with Crippen LogP contribution in [0.3, 0.4) is 0 Å². The van der Waals surface area contributed by atoms with Gasteiger partial charge in [0.15, 0.2) is 5.78 Å². The molecule has 3 rings (SSSR count). The Hall–Kier alpha value is -1.08. The van der Waals surface area contributed by atoms with Gasteiger partial charge in [-0.25, -0.2) is 0 Å². The summed E-state index contributed by atoms with van der Waals surface area (Å²) in [5, 5.41) is 4.41. The van der Waals surface area contributed by atoms with Gasteiger partial charge in [0, 0.05) is 25.7 Å². The maximum Gasteiger partial charge on any atom is 0.165 e. The first-order valence-electron chi connectivity index (χ1n) is 8.18. The number of nitrogens with one attached hydrogen (secondary N) is 1. The molecule has 0 bridgehead atoms. The molecule has 0 fully saturated rings. The van der Waals surface area contributed by atoms with Crippen LogP contribution in [0.2, 0.25) is 10.0 Å². The largest absolute Gasteiger partial charge is 0.378 e. The molecular formula is C21H15BrCl2INO. The number of carbonyl (C=O) groups is 1. The molecule has 27 heavy (non-hydrogen) atoms. The third kappa shape index (κ3) is 5.70. The van der Waals surface area contributed by atoms with E-state index >= 15 is 0 Å². The van der Waals surface area contributed by atoms with Gasteiger partial charge in [-0.1, -0.05) is 57.3 Å². The summed E-state index contributed by atoms with van der Waals surface area (Å²) in [6, 6.07) is 20.6. The number of rotatable bonds is 6. The molecule has 0 saturated heterocycles. The summed E-state index contributed by atoms with van der Waals surface area (Å²) in [6.07, 6.45) is 0.297. The summed E-state index contributed by atoms with van der Waals surface area (Å²) in [5.41, 5.74) is 2.52. The van der Waals surface area contributed by atoms with Crippen molar-refractivity contribution in [2.45, 2.75) is 12.5 Å². The summed E-state index contributed by atoms with van der Waals surface area (Å²) >= 11 is 17.9. The van der Waals surface area contributed by atoms with E-state index in [9.17, 15) is 4.79 Å². The molecule has 0 aliphatic rings. The highest BCUT2D eigenvalue weighted by Crippen LogP contribution is 2.30. The molecule has 1 N–H and O–H groups in total. The minimum atomic E-state index is -0.226. The van der Waals surface area contributed by atoms with E-state index in [4.69, 9.17) is 23.2 Å². The Labute approximate surface area is 190 Å². The Bertz CT molecular complexity index is 945. The lowest BCUT2D eigenvalue weighted by Crippen LogP contribution is -2.16. The van der Waals surface area contributed by atoms with Gasteiger partial charge in [-0.05, 0) is 76.7 Å². The second-order valence-corrected chi connectivity index (χ2v) is 8.99. The van der Waals surface area contributed by atoms with Crippen molar-refractivity contribution in [2.75, 3.05) is 5.32 Å². The lowest BCUT2D eigenvalue weighted by atomic mass is 9.97. The summed E-state index contributed by atoms with van der Waals surface area (Å²) in [4.78, 5) is 12.8. The summed E-state index contributed by atoms with van der Waals surface area (Å²) < 4.78 is 2.09. The van der Waals surface area contributed by atoms with Gasteiger partial charge in [0.2, 0.25) is 0 Å². The van der Waals surface area contributed by atoms with E-state index in [0.717, 1.165) is 19.3 Å². The van der Waals surface area contributed by atoms with Crippen molar-refractivity contribution >= 4 is 73.2 Å². The van der Waals surface area contributed by atoms with Crippen molar-refractivity contribution in [3.8, 4) is 0 Å². The molecule has 0 saturated carbocycles. The van der Waals surface area contributed by atoms with Crippen LogP contribution in [-0.4, -0.2) is 5.78 Å². The number of ketones is 1. The molecule has 0 amide bonds. The number of benzene rings is 3. The Balaban J connectivity index is 1.88. The lowest BCUT2D eigenvalue weighted by molar-refractivity contribution is 0.0976. The lowest BCUT2D eigenvalue weighted by Gasteiger charge is -2.21. The fraction of sp³-hybridized carbons (Fsp3) is 0.0952. The normalized spacial score (nSPS) is 11.9. The highest BCUT2D eigenvalue weighted by Gasteiger charge is 2.18. The first-order chi connectivity index (χ1) is 12.9. The standard InChI is InChI=1S/C21H15BrCl2INO/c22-15-4-1-13(2-5-15)21(27)12-20(14-3-10-18(23)19(24)11-14)26-17-8-6-16(25)7-9-17/h1-11,20,26H,12H2. The number of hydrogen-bond donors (Lipinski definition) is 1. The SMILES string of the molecule is O=C(CC(Nc1ccc(I)cc1)c1ccc(Cl)c(Cl)c1)c1ccc(Br)cc1. The van der Waals surface area contributed by atoms with Crippen molar-refractivity contribution in [3.63, 3.8) is 0 Å². The number of hydrogen-bond acceptors (Lipinski definition) is 2. The average molecular weight is 575 g/mol. The molecule has 1 unspecified atom stereocenters. The second kappa shape index (κ2) is 9.41. The van der Waals surface area contributed by atoms with Crippen LogP contribution in [0.15, 0.2) is 71.2 Å². The van der Waals surface area contributed by atoms with Crippen molar-refractivity contribution < 1.29 is 4.79 Å². The first kappa shape index (κ1) is 20.6. The van der Waals surface area contributed by atoms with Gasteiger partial charge in [0.25, 0.3) is 0 Å². The zero-order valence-electron chi connectivity index (χ0n) is 14.1. The predicted molar refractivity (Wildman–Crippen MR) is 125 cm³/mol. The fourth-order valence-electron chi connectivity index (χ4n) is 2.67. The maximum atomic E-state index is 12.8. The van der Waals surface area contributed by atoms with E-state index in [1.54, 1.807) is 6.07 Å². The molecule has 0 aliphatic carbocycles. The third-order valence-electron chi connectivity index (χ3n) is 4.09. The zero-order chi connectivity index (χ0) is 19.4. The van der Waals surface area contributed by atoms with Gasteiger partial charge in [0.05, 0.1) is 16.1 Å². The Morgan fingerprint density at radius 3 is 2.26 bits per heavy atom. The second-order valence-electron chi connectivity index (χ2n) is 6.01. The Morgan fingerprint density at radius 1 is 0.963 bits per heavy atom. The van der Waals surface area contributed by atoms with Gasteiger partial charge in [0.1, 0.15) is 0 Å². The van der Waals surface area contributed by atoms with Crippen LogP contribution < -0.4 is 5.32 Å². The molecule has 2 nitrogen and oxygen atoms in total. The summed E-state index contributed by atoms with van der Waals surface area (Å²) in [5.74, 6) is 0.0524. The summed E-state index contributed by atoms with van der Waals surface area (Å²) in [6.45, 7) is 0. The summed E-state index contributed by atoms with van der Waals surface area (Å²) in [7, 11) is 0. The molecule has 1 atom stereocenters. The topological polar surface area (TPSA) is 29.1 Å². The maximum absolute atomic E-state index is 12.8. The first-order valence-corrected chi connectivity index (χ1v) is 10.8. The van der Waals surface area contributed by atoms with Crippen LogP contribution >= 0.6 is 61.7 Å².